The van der Waals surface area contributed by atoms with Crippen molar-refractivity contribution in [1.29, 1.82) is 0 Å². The van der Waals surface area contributed by atoms with E-state index in [1.165, 1.54) is 60.2 Å². The molecule has 0 bridgehead atoms. The number of carbonyl (C=O) groups excluding carboxylic acids is 1. The molecule has 5 aromatic rings. The number of benzene rings is 3. The first-order valence-electron chi connectivity index (χ1n) is 13.5. The molecule has 40 heavy (non-hydrogen) atoms. The standard InChI is InChI=1S/C30H28NO.C5H8O2.Ir/c1-18-10-11-21(20-9-7-6-8-19(18)20)27-28-22(12-15-31-27)23-16-24-25(17-26(23)32-28)30(4,5)14-13-29(24,2)3;1-4(6)3-5(2)7;/h6-10,12,15-17H,13-14H2,1-5H3;3,6H,1-2H3;/q-1;;/b;4-3-;. The number of fused-ring (bicyclic) bond motifs is 5. The summed E-state index contributed by atoms with van der Waals surface area (Å²) in [6.45, 7) is 14.4. The number of aliphatic hydroxyl groups excluding tert-OH is 1. The van der Waals surface area contributed by atoms with Crippen LogP contribution in [-0.4, -0.2) is 15.9 Å². The quantitative estimate of drug-likeness (QED) is 0.113. The van der Waals surface area contributed by atoms with Gasteiger partial charge in [0.05, 0.1) is 5.76 Å². The van der Waals surface area contributed by atoms with Gasteiger partial charge in [0.2, 0.25) is 0 Å². The Kier molecular flexibility index (Phi) is 8.13. The molecule has 4 nitrogen and oxygen atoms in total. The van der Waals surface area contributed by atoms with E-state index in [0.717, 1.165) is 33.2 Å². The third-order valence-corrected chi connectivity index (χ3v) is 8.06. The summed E-state index contributed by atoms with van der Waals surface area (Å²) in [6.07, 6.45) is 5.46. The molecule has 0 saturated carbocycles. The Morgan fingerprint density at radius 3 is 2.17 bits per heavy atom. The van der Waals surface area contributed by atoms with Gasteiger partial charge in [-0.15, -0.1) is 23.3 Å². The molecular formula is C35H36IrNO3-. The summed E-state index contributed by atoms with van der Waals surface area (Å²) in [5.41, 5.74) is 8.09. The van der Waals surface area contributed by atoms with Crippen LogP contribution in [0.2, 0.25) is 0 Å². The number of allylic oxidation sites excluding steroid dienone is 2. The van der Waals surface area contributed by atoms with Crippen LogP contribution in [0.15, 0.2) is 71.0 Å². The first kappa shape index (κ1) is 29.7. The van der Waals surface area contributed by atoms with Crippen molar-refractivity contribution in [1.82, 2.24) is 4.98 Å². The predicted molar refractivity (Wildman–Crippen MR) is 160 cm³/mol. The smallest absolute Gasteiger partial charge is 0.155 e. The van der Waals surface area contributed by atoms with E-state index >= 15 is 0 Å². The van der Waals surface area contributed by atoms with Gasteiger partial charge in [-0.25, -0.2) is 0 Å². The summed E-state index contributed by atoms with van der Waals surface area (Å²) in [6, 6.07) is 20.8. The zero-order chi connectivity index (χ0) is 28.1. The molecule has 0 atom stereocenters. The Balaban J connectivity index is 0.000000413. The van der Waals surface area contributed by atoms with Crippen LogP contribution in [0.25, 0.3) is 44.0 Å². The number of aliphatic hydroxyl groups is 1. The molecule has 0 aliphatic heterocycles. The molecule has 6 rings (SSSR count). The van der Waals surface area contributed by atoms with Gasteiger partial charge in [-0.3, -0.25) is 4.79 Å². The van der Waals surface area contributed by atoms with Gasteiger partial charge in [0.1, 0.15) is 11.2 Å². The van der Waals surface area contributed by atoms with Gasteiger partial charge in [0.25, 0.3) is 0 Å². The maximum Gasteiger partial charge on any atom is 0.155 e. The van der Waals surface area contributed by atoms with Crippen LogP contribution < -0.4 is 0 Å². The number of rotatable bonds is 2. The number of ketones is 1. The van der Waals surface area contributed by atoms with E-state index in [1.54, 1.807) is 0 Å². The molecule has 1 radical (unpaired) electrons. The molecule has 0 amide bonds. The van der Waals surface area contributed by atoms with Crippen LogP contribution in [0.5, 0.6) is 0 Å². The first-order chi connectivity index (χ1) is 18.4. The van der Waals surface area contributed by atoms with Gasteiger partial charge >= 0.3 is 0 Å². The number of hydrogen-bond acceptors (Lipinski definition) is 4. The van der Waals surface area contributed by atoms with Crippen LogP contribution >= 0.6 is 0 Å². The van der Waals surface area contributed by atoms with Crippen LogP contribution in [0.4, 0.5) is 0 Å². The van der Waals surface area contributed by atoms with E-state index in [4.69, 9.17) is 14.5 Å². The molecule has 1 aliphatic carbocycles. The number of aromatic nitrogens is 1. The van der Waals surface area contributed by atoms with Crippen LogP contribution in [-0.2, 0) is 35.7 Å². The molecule has 0 fully saturated rings. The molecule has 3 aromatic carbocycles. The molecular weight excluding hydrogens is 675 g/mol. The minimum Gasteiger partial charge on any atom is -0.512 e. The topological polar surface area (TPSA) is 63.3 Å². The normalized spacial score (nSPS) is 15.7. The predicted octanol–water partition coefficient (Wildman–Crippen LogP) is 9.29. The molecule has 2 heterocycles. The Morgan fingerprint density at radius 1 is 0.950 bits per heavy atom. The van der Waals surface area contributed by atoms with Crippen molar-refractivity contribution < 1.29 is 34.4 Å². The molecule has 2 aromatic heterocycles. The Morgan fingerprint density at radius 2 is 1.57 bits per heavy atom. The number of carbonyl (C=O) groups is 1. The summed E-state index contributed by atoms with van der Waals surface area (Å²) in [7, 11) is 0. The van der Waals surface area contributed by atoms with E-state index in [0.29, 0.717) is 0 Å². The van der Waals surface area contributed by atoms with Crippen LogP contribution in [0.3, 0.4) is 0 Å². The number of nitrogens with zero attached hydrogens (tertiary/aromatic N) is 1. The third-order valence-electron chi connectivity index (χ3n) is 8.06. The van der Waals surface area contributed by atoms with Crippen molar-refractivity contribution in [3.63, 3.8) is 0 Å². The molecule has 5 heteroatoms. The average molecular weight is 711 g/mol. The third kappa shape index (κ3) is 5.38. The monoisotopic (exact) mass is 711 g/mol. The van der Waals surface area contributed by atoms with Gasteiger partial charge in [-0.1, -0.05) is 69.7 Å². The van der Waals surface area contributed by atoms with Crippen molar-refractivity contribution in [3.05, 3.63) is 89.3 Å². The summed E-state index contributed by atoms with van der Waals surface area (Å²) in [5, 5.41) is 13.1. The zero-order valence-electron chi connectivity index (χ0n) is 24.2. The fraction of sp³-hybridized carbons (Fsp3) is 0.314. The first-order valence-corrected chi connectivity index (χ1v) is 13.5. The summed E-state index contributed by atoms with van der Waals surface area (Å²) in [5.74, 6) is -0.0625. The Labute approximate surface area is 249 Å². The summed E-state index contributed by atoms with van der Waals surface area (Å²) >= 11 is 0. The minimum atomic E-state index is -0.125. The van der Waals surface area contributed by atoms with Crippen molar-refractivity contribution in [2.24, 2.45) is 0 Å². The van der Waals surface area contributed by atoms with Crippen molar-refractivity contribution in [3.8, 4) is 11.3 Å². The van der Waals surface area contributed by atoms with Crippen molar-refractivity contribution in [2.75, 3.05) is 0 Å². The summed E-state index contributed by atoms with van der Waals surface area (Å²) in [4.78, 5) is 14.8. The second-order valence-electron chi connectivity index (χ2n) is 12.1. The zero-order valence-corrected chi connectivity index (χ0v) is 26.6. The van der Waals surface area contributed by atoms with Gasteiger partial charge in [-0.2, -0.15) is 0 Å². The minimum absolute atomic E-state index is 0. The van der Waals surface area contributed by atoms with Gasteiger partial charge in [-0.05, 0) is 66.8 Å². The van der Waals surface area contributed by atoms with Crippen LogP contribution in [0.1, 0.15) is 71.1 Å². The van der Waals surface area contributed by atoms with Gasteiger partial charge in [0.15, 0.2) is 5.78 Å². The SMILES string of the molecule is CC(=O)/C=C(/C)O.Cc1c[c-]c(-c2nccc3c2oc2cc4c(cc23)C(C)(C)CCC4(C)C)c2ccccc12.[Ir]. The fourth-order valence-corrected chi connectivity index (χ4v) is 5.81. The number of aryl methyl sites for hydroxylation is 1. The Hall–Kier alpha value is -3.27. The largest absolute Gasteiger partial charge is 0.512 e. The van der Waals surface area contributed by atoms with Gasteiger partial charge < -0.3 is 14.5 Å². The number of furan rings is 1. The Bertz CT molecular complexity index is 1770. The van der Waals surface area contributed by atoms with E-state index in [1.807, 2.05) is 6.20 Å². The molecule has 0 spiro atoms. The molecule has 1 aliphatic rings. The van der Waals surface area contributed by atoms with Gasteiger partial charge in [0, 0.05) is 48.8 Å². The van der Waals surface area contributed by atoms with Crippen molar-refractivity contribution >= 4 is 38.5 Å². The molecule has 1 N–H and O–H groups in total. The average Bonchev–Trinajstić information content (AvgIpc) is 3.24. The maximum absolute atomic E-state index is 10.0. The van der Waals surface area contributed by atoms with E-state index in [-0.39, 0.29) is 42.5 Å². The second-order valence-corrected chi connectivity index (χ2v) is 12.1. The van der Waals surface area contributed by atoms with E-state index in [2.05, 4.69) is 89.2 Å². The fourth-order valence-electron chi connectivity index (χ4n) is 5.81. The maximum atomic E-state index is 10.0. The second kappa shape index (κ2) is 11.0. The van der Waals surface area contributed by atoms with E-state index in [9.17, 15) is 4.79 Å². The number of hydrogen-bond donors (Lipinski definition) is 1. The van der Waals surface area contributed by atoms with Crippen LogP contribution in [0, 0.1) is 13.0 Å². The molecule has 0 unspecified atom stereocenters. The molecule has 209 valence electrons. The molecule has 0 saturated heterocycles. The number of pyridine rings is 1. The van der Waals surface area contributed by atoms with E-state index < -0.39 is 0 Å². The summed E-state index contributed by atoms with van der Waals surface area (Å²) < 4.78 is 6.56. The van der Waals surface area contributed by atoms with Crippen molar-refractivity contribution in [2.45, 2.75) is 72.1 Å².